The number of aryl methyl sites for hydroxylation is 1. The van der Waals surface area contributed by atoms with Crippen molar-refractivity contribution < 1.29 is 5.11 Å². The van der Waals surface area contributed by atoms with E-state index in [-0.39, 0.29) is 0 Å². The van der Waals surface area contributed by atoms with Crippen LogP contribution >= 0.6 is 0 Å². The molecule has 1 aromatic carbocycles. The number of hydrogen-bond donors (Lipinski definition) is 2. The molecule has 4 rings (SSSR count). The Bertz CT molecular complexity index is 940. The third kappa shape index (κ3) is 2.93. The van der Waals surface area contributed by atoms with Gasteiger partial charge in [0.2, 0.25) is 0 Å². The van der Waals surface area contributed by atoms with Gasteiger partial charge < -0.3 is 20.3 Å². The van der Waals surface area contributed by atoms with Crippen molar-refractivity contribution in [2.24, 2.45) is 0 Å². The van der Waals surface area contributed by atoms with E-state index in [9.17, 15) is 5.11 Å². The fourth-order valence-corrected chi connectivity index (χ4v) is 3.98. The van der Waals surface area contributed by atoms with Crippen LogP contribution in [0.15, 0.2) is 24.3 Å². The predicted molar refractivity (Wildman–Crippen MR) is 105 cm³/mol. The SMILES string of the molecule is CCCc1nc2c(N)nc3ccccc3c2n1CC1(O)CCN(C)CC1. The molecule has 1 fully saturated rings. The molecule has 1 saturated heterocycles. The second-order valence-corrected chi connectivity index (χ2v) is 7.60. The molecule has 0 atom stereocenters. The topological polar surface area (TPSA) is 80.2 Å². The monoisotopic (exact) mass is 353 g/mol. The Morgan fingerprint density at radius 3 is 2.65 bits per heavy atom. The fourth-order valence-electron chi connectivity index (χ4n) is 3.98. The van der Waals surface area contributed by atoms with Gasteiger partial charge in [0.1, 0.15) is 11.3 Å². The zero-order valence-corrected chi connectivity index (χ0v) is 15.6. The van der Waals surface area contributed by atoms with Crippen molar-refractivity contribution in [3.63, 3.8) is 0 Å². The minimum absolute atomic E-state index is 0.463. The number of piperidine rings is 1. The minimum Gasteiger partial charge on any atom is -0.388 e. The van der Waals surface area contributed by atoms with Gasteiger partial charge in [-0.05, 0) is 32.4 Å². The van der Waals surface area contributed by atoms with Gasteiger partial charge in [0, 0.05) is 24.9 Å². The first-order valence-electron chi connectivity index (χ1n) is 9.45. The van der Waals surface area contributed by atoms with Gasteiger partial charge in [0.25, 0.3) is 0 Å². The normalized spacial score (nSPS) is 18.0. The summed E-state index contributed by atoms with van der Waals surface area (Å²) in [5, 5.41) is 12.3. The van der Waals surface area contributed by atoms with Crippen LogP contribution in [0.5, 0.6) is 0 Å². The van der Waals surface area contributed by atoms with E-state index in [0.29, 0.717) is 12.4 Å². The van der Waals surface area contributed by atoms with Gasteiger partial charge in [0.15, 0.2) is 5.82 Å². The molecule has 138 valence electrons. The lowest BCUT2D eigenvalue weighted by Gasteiger charge is -2.37. The largest absolute Gasteiger partial charge is 0.388 e. The summed E-state index contributed by atoms with van der Waals surface area (Å²) in [7, 11) is 2.11. The van der Waals surface area contributed by atoms with Crippen molar-refractivity contribution in [1.82, 2.24) is 19.4 Å². The molecule has 0 spiro atoms. The highest BCUT2D eigenvalue weighted by atomic mass is 16.3. The second-order valence-electron chi connectivity index (χ2n) is 7.60. The number of nitrogens with two attached hydrogens (primary N) is 1. The van der Waals surface area contributed by atoms with Crippen LogP contribution in [0.3, 0.4) is 0 Å². The number of fused-ring (bicyclic) bond motifs is 3. The van der Waals surface area contributed by atoms with Crippen LogP contribution in [-0.2, 0) is 13.0 Å². The second kappa shape index (κ2) is 6.52. The standard InChI is InChI=1S/C20H27N5O/c1-3-6-16-23-17-18(14-7-4-5-8-15(14)22-19(17)21)25(16)13-20(26)9-11-24(2)12-10-20/h4-5,7-8,26H,3,6,9-13H2,1-2H3,(H2,21,22). The Hall–Kier alpha value is -2.18. The average Bonchev–Trinajstić information content (AvgIpc) is 2.97. The van der Waals surface area contributed by atoms with Crippen LogP contribution in [0.4, 0.5) is 5.82 Å². The van der Waals surface area contributed by atoms with Crippen molar-refractivity contribution in [2.45, 2.75) is 44.8 Å². The average molecular weight is 353 g/mol. The summed E-state index contributed by atoms with van der Waals surface area (Å²) in [6.45, 7) is 4.53. The molecule has 1 aliphatic rings. The number of likely N-dealkylation sites (tertiary alicyclic amines) is 1. The van der Waals surface area contributed by atoms with E-state index in [0.717, 1.165) is 66.5 Å². The van der Waals surface area contributed by atoms with Gasteiger partial charge in [-0.1, -0.05) is 25.1 Å². The van der Waals surface area contributed by atoms with Crippen LogP contribution in [0.1, 0.15) is 32.0 Å². The summed E-state index contributed by atoms with van der Waals surface area (Å²) in [4.78, 5) is 11.6. The van der Waals surface area contributed by atoms with Gasteiger partial charge in [-0.3, -0.25) is 0 Å². The van der Waals surface area contributed by atoms with Crippen molar-refractivity contribution in [3.8, 4) is 0 Å². The number of imidazole rings is 1. The number of nitrogen functional groups attached to an aromatic ring is 1. The smallest absolute Gasteiger partial charge is 0.152 e. The van der Waals surface area contributed by atoms with E-state index in [4.69, 9.17) is 10.7 Å². The minimum atomic E-state index is -0.707. The third-order valence-corrected chi connectivity index (χ3v) is 5.53. The van der Waals surface area contributed by atoms with Gasteiger partial charge in [-0.2, -0.15) is 0 Å². The molecule has 0 amide bonds. The number of aliphatic hydroxyl groups is 1. The van der Waals surface area contributed by atoms with Gasteiger partial charge in [-0.15, -0.1) is 0 Å². The van der Waals surface area contributed by atoms with E-state index < -0.39 is 5.60 Å². The molecule has 26 heavy (non-hydrogen) atoms. The Morgan fingerprint density at radius 1 is 1.19 bits per heavy atom. The molecule has 3 aromatic rings. The first-order valence-corrected chi connectivity index (χ1v) is 9.45. The number of benzene rings is 1. The molecular weight excluding hydrogens is 326 g/mol. The van der Waals surface area contributed by atoms with E-state index >= 15 is 0 Å². The third-order valence-electron chi connectivity index (χ3n) is 5.53. The van der Waals surface area contributed by atoms with Gasteiger partial charge in [-0.25, -0.2) is 9.97 Å². The number of nitrogens with zero attached hydrogens (tertiary/aromatic N) is 4. The number of aromatic nitrogens is 3. The summed E-state index contributed by atoms with van der Waals surface area (Å²) in [5.41, 5.74) is 8.15. The van der Waals surface area contributed by atoms with Crippen LogP contribution in [-0.4, -0.2) is 50.3 Å². The van der Waals surface area contributed by atoms with E-state index in [1.54, 1.807) is 0 Å². The van der Waals surface area contributed by atoms with Crippen LogP contribution in [0.2, 0.25) is 0 Å². The summed E-state index contributed by atoms with van der Waals surface area (Å²) in [6, 6.07) is 8.03. The zero-order valence-electron chi connectivity index (χ0n) is 15.6. The maximum Gasteiger partial charge on any atom is 0.152 e. The molecule has 6 heteroatoms. The molecular formula is C20H27N5O. The molecule has 2 aromatic heterocycles. The highest BCUT2D eigenvalue weighted by Crippen LogP contribution is 2.32. The first-order chi connectivity index (χ1) is 12.5. The van der Waals surface area contributed by atoms with Crippen molar-refractivity contribution in [3.05, 3.63) is 30.1 Å². The molecule has 0 bridgehead atoms. The van der Waals surface area contributed by atoms with E-state index in [1.165, 1.54) is 0 Å². The van der Waals surface area contributed by atoms with Gasteiger partial charge in [0.05, 0.1) is 23.2 Å². The Morgan fingerprint density at radius 2 is 1.92 bits per heavy atom. The van der Waals surface area contributed by atoms with Crippen LogP contribution < -0.4 is 5.73 Å². The maximum atomic E-state index is 11.2. The molecule has 0 saturated carbocycles. The summed E-state index contributed by atoms with van der Waals surface area (Å²) < 4.78 is 2.20. The predicted octanol–water partition coefficient (Wildman–Crippen LogP) is 2.58. The number of anilines is 1. The molecule has 1 aliphatic heterocycles. The number of hydrogen-bond acceptors (Lipinski definition) is 5. The lowest BCUT2D eigenvalue weighted by molar-refractivity contribution is -0.0287. The molecule has 3 N–H and O–H groups in total. The first kappa shape index (κ1) is 17.2. The fraction of sp³-hybridized carbons (Fsp3) is 0.500. The maximum absolute atomic E-state index is 11.2. The molecule has 0 aliphatic carbocycles. The lowest BCUT2D eigenvalue weighted by Crippen LogP contribution is -2.45. The molecule has 3 heterocycles. The lowest BCUT2D eigenvalue weighted by atomic mass is 9.91. The highest BCUT2D eigenvalue weighted by Gasteiger charge is 2.33. The highest BCUT2D eigenvalue weighted by molar-refractivity contribution is 6.06. The Labute approximate surface area is 153 Å². The van der Waals surface area contributed by atoms with Crippen molar-refractivity contribution >= 4 is 27.8 Å². The van der Waals surface area contributed by atoms with Crippen molar-refractivity contribution in [2.75, 3.05) is 25.9 Å². The molecule has 0 radical (unpaired) electrons. The van der Waals surface area contributed by atoms with Crippen LogP contribution in [0.25, 0.3) is 21.9 Å². The number of rotatable bonds is 4. The van der Waals surface area contributed by atoms with E-state index in [1.807, 2.05) is 18.2 Å². The van der Waals surface area contributed by atoms with Crippen LogP contribution in [0, 0.1) is 0 Å². The summed E-state index contributed by atoms with van der Waals surface area (Å²) in [6.07, 6.45) is 3.40. The number of para-hydroxylation sites is 1. The summed E-state index contributed by atoms with van der Waals surface area (Å²) in [5.74, 6) is 1.45. The Kier molecular flexibility index (Phi) is 4.32. The van der Waals surface area contributed by atoms with E-state index in [2.05, 4.69) is 34.5 Å². The molecule has 0 unspecified atom stereocenters. The Balaban J connectivity index is 1.89. The number of pyridine rings is 1. The zero-order chi connectivity index (χ0) is 18.3. The van der Waals surface area contributed by atoms with Crippen molar-refractivity contribution in [1.29, 1.82) is 0 Å². The molecule has 6 nitrogen and oxygen atoms in total. The quantitative estimate of drug-likeness (QED) is 0.753. The summed E-state index contributed by atoms with van der Waals surface area (Å²) >= 11 is 0. The van der Waals surface area contributed by atoms with Gasteiger partial charge >= 0.3 is 0 Å².